The lowest BCUT2D eigenvalue weighted by Crippen LogP contribution is -2.42. The molecule has 1 saturated carbocycles. The molecule has 0 saturated heterocycles. The summed E-state index contributed by atoms with van der Waals surface area (Å²) in [4.78, 5) is 22.3. The molecule has 0 aromatic heterocycles. The molecule has 0 aromatic carbocycles. The first kappa shape index (κ1) is 10.9. The maximum atomic E-state index is 11.2. The van der Waals surface area contributed by atoms with Crippen molar-refractivity contribution in [2.75, 3.05) is 0 Å². The fourth-order valence-electron chi connectivity index (χ4n) is 1.92. The van der Waals surface area contributed by atoms with Crippen LogP contribution in [0, 0.1) is 11.8 Å². The van der Waals surface area contributed by atoms with Gasteiger partial charge >= 0.3 is 0 Å². The fraction of sp³-hybridized carbons (Fsp3) is 0.750. The average Bonchev–Trinajstić information content (AvgIpc) is 2.27. The SMILES string of the molecule is O=C(NO)C1CCCCC1C(=O)NO. The van der Waals surface area contributed by atoms with E-state index in [-0.39, 0.29) is 0 Å². The van der Waals surface area contributed by atoms with Gasteiger partial charge in [-0.2, -0.15) is 0 Å². The van der Waals surface area contributed by atoms with Gasteiger partial charge in [0.25, 0.3) is 0 Å². The van der Waals surface area contributed by atoms with Crippen molar-refractivity contribution in [2.24, 2.45) is 11.8 Å². The Balaban J connectivity index is 2.68. The van der Waals surface area contributed by atoms with Crippen molar-refractivity contribution in [3.8, 4) is 0 Å². The zero-order valence-electron chi connectivity index (χ0n) is 7.69. The lowest BCUT2D eigenvalue weighted by Gasteiger charge is -2.27. The number of hydrogen-bond acceptors (Lipinski definition) is 4. The molecule has 2 atom stereocenters. The molecule has 0 aliphatic heterocycles. The molecule has 4 N–H and O–H groups in total. The van der Waals surface area contributed by atoms with Crippen LogP contribution in [0.4, 0.5) is 0 Å². The van der Waals surface area contributed by atoms with Gasteiger partial charge in [-0.1, -0.05) is 12.8 Å². The highest BCUT2D eigenvalue weighted by atomic mass is 16.5. The van der Waals surface area contributed by atoms with Crippen LogP contribution in [0.15, 0.2) is 0 Å². The number of amides is 2. The van der Waals surface area contributed by atoms with Crippen molar-refractivity contribution < 1.29 is 20.0 Å². The van der Waals surface area contributed by atoms with Crippen LogP contribution < -0.4 is 11.0 Å². The summed E-state index contributed by atoms with van der Waals surface area (Å²) < 4.78 is 0. The fourth-order valence-corrected chi connectivity index (χ4v) is 1.92. The standard InChI is InChI=1S/C8H14N2O4/c11-7(9-13)5-3-1-2-4-6(5)8(12)10-14/h5-6,13-14H,1-4H2,(H,9,11)(H,10,12). The maximum absolute atomic E-state index is 11.2. The quantitative estimate of drug-likeness (QED) is 0.368. The van der Waals surface area contributed by atoms with E-state index >= 15 is 0 Å². The number of nitrogens with one attached hydrogen (secondary N) is 2. The van der Waals surface area contributed by atoms with Gasteiger partial charge in [0.1, 0.15) is 0 Å². The summed E-state index contributed by atoms with van der Waals surface area (Å²) in [6.07, 6.45) is 2.83. The summed E-state index contributed by atoms with van der Waals surface area (Å²) in [6.45, 7) is 0. The molecule has 14 heavy (non-hydrogen) atoms. The van der Waals surface area contributed by atoms with Gasteiger partial charge in [0.2, 0.25) is 11.8 Å². The van der Waals surface area contributed by atoms with Gasteiger partial charge in [-0.15, -0.1) is 0 Å². The van der Waals surface area contributed by atoms with Crippen LogP contribution in [0.1, 0.15) is 25.7 Å². The van der Waals surface area contributed by atoms with E-state index in [1.54, 1.807) is 11.0 Å². The Labute approximate surface area is 81.2 Å². The Bertz CT molecular complexity index is 207. The molecule has 80 valence electrons. The van der Waals surface area contributed by atoms with E-state index in [9.17, 15) is 9.59 Å². The van der Waals surface area contributed by atoms with E-state index in [2.05, 4.69) is 0 Å². The highest BCUT2D eigenvalue weighted by molar-refractivity contribution is 5.86. The molecule has 1 aliphatic rings. The normalized spacial score (nSPS) is 26.7. The highest BCUT2D eigenvalue weighted by Crippen LogP contribution is 2.30. The molecule has 2 amide bonds. The van der Waals surface area contributed by atoms with E-state index in [1.807, 2.05) is 0 Å². The summed E-state index contributed by atoms with van der Waals surface area (Å²) in [6, 6.07) is 0. The Hall–Kier alpha value is -1.14. The number of carbonyl (C=O) groups is 2. The van der Waals surface area contributed by atoms with Crippen LogP contribution >= 0.6 is 0 Å². The summed E-state index contributed by atoms with van der Waals surface area (Å²) in [5.74, 6) is -2.20. The first-order chi connectivity index (χ1) is 6.70. The van der Waals surface area contributed by atoms with Gasteiger partial charge in [0, 0.05) is 0 Å². The van der Waals surface area contributed by atoms with E-state index < -0.39 is 23.7 Å². The molecule has 0 heterocycles. The molecule has 0 aromatic rings. The Morgan fingerprint density at radius 3 is 1.57 bits per heavy atom. The Kier molecular flexibility index (Phi) is 3.84. The third-order valence-corrected chi connectivity index (χ3v) is 2.66. The van der Waals surface area contributed by atoms with Crippen LogP contribution in [-0.2, 0) is 9.59 Å². The number of rotatable bonds is 2. The van der Waals surface area contributed by atoms with Crippen LogP contribution in [-0.4, -0.2) is 22.2 Å². The van der Waals surface area contributed by atoms with E-state index in [0.717, 1.165) is 12.8 Å². The number of hydroxylamine groups is 2. The molecule has 6 heteroatoms. The number of carbonyl (C=O) groups excluding carboxylic acids is 2. The minimum atomic E-state index is -0.557. The first-order valence-electron chi connectivity index (χ1n) is 4.58. The minimum absolute atomic E-state index is 0.541. The van der Waals surface area contributed by atoms with Gasteiger partial charge in [0.15, 0.2) is 0 Å². The van der Waals surface area contributed by atoms with E-state index in [1.165, 1.54) is 0 Å². The van der Waals surface area contributed by atoms with Crippen LogP contribution in [0.3, 0.4) is 0 Å². The van der Waals surface area contributed by atoms with E-state index in [4.69, 9.17) is 10.4 Å². The van der Waals surface area contributed by atoms with Crippen LogP contribution in [0.2, 0.25) is 0 Å². The minimum Gasteiger partial charge on any atom is -0.289 e. The summed E-state index contributed by atoms with van der Waals surface area (Å²) in [5, 5.41) is 16.9. The zero-order valence-corrected chi connectivity index (χ0v) is 7.69. The molecule has 6 nitrogen and oxygen atoms in total. The van der Waals surface area contributed by atoms with Crippen molar-refractivity contribution in [1.29, 1.82) is 0 Å². The van der Waals surface area contributed by atoms with Crippen LogP contribution in [0.25, 0.3) is 0 Å². The molecule has 1 fully saturated rings. The monoisotopic (exact) mass is 202 g/mol. The lowest BCUT2D eigenvalue weighted by molar-refractivity contribution is -0.145. The maximum Gasteiger partial charge on any atom is 0.247 e. The molecule has 1 aliphatic carbocycles. The molecular formula is C8H14N2O4. The third kappa shape index (κ3) is 2.21. The van der Waals surface area contributed by atoms with Crippen molar-refractivity contribution >= 4 is 11.8 Å². The topological polar surface area (TPSA) is 98.7 Å². The lowest BCUT2D eigenvalue weighted by atomic mass is 9.78. The molecule has 0 bridgehead atoms. The Morgan fingerprint density at radius 1 is 0.929 bits per heavy atom. The highest BCUT2D eigenvalue weighted by Gasteiger charge is 2.35. The third-order valence-electron chi connectivity index (χ3n) is 2.66. The summed E-state index contributed by atoms with van der Waals surface area (Å²) >= 11 is 0. The van der Waals surface area contributed by atoms with Crippen LogP contribution in [0.5, 0.6) is 0 Å². The number of hydrogen-bond donors (Lipinski definition) is 4. The van der Waals surface area contributed by atoms with Gasteiger partial charge < -0.3 is 0 Å². The van der Waals surface area contributed by atoms with Gasteiger partial charge in [-0.3, -0.25) is 20.0 Å². The van der Waals surface area contributed by atoms with Gasteiger partial charge in [0.05, 0.1) is 11.8 Å². The first-order valence-corrected chi connectivity index (χ1v) is 4.58. The predicted octanol–water partition coefficient (Wildman–Crippen LogP) is -0.196. The molecule has 1 rings (SSSR count). The second-order valence-electron chi connectivity index (χ2n) is 3.45. The Morgan fingerprint density at radius 2 is 1.29 bits per heavy atom. The molecule has 0 radical (unpaired) electrons. The summed E-state index contributed by atoms with van der Waals surface area (Å²) in [5.41, 5.74) is 3.09. The second-order valence-corrected chi connectivity index (χ2v) is 3.45. The average molecular weight is 202 g/mol. The predicted molar refractivity (Wildman–Crippen MR) is 45.3 cm³/mol. The smallest absolute Gasteiger partial charge is 0.247 e. The van der Waals surface area contributed by atoms with Gasteiger partial charge in [-0.05, 0) is 12.8 Å². The molecular weight excluding hydrogens is 188 g/mol. The second kappa shape index (κ2) is 4.92. The van der Waals surface area contributed by atoms with Crippen molar-refractivity contribution in [1.82, 2.24) is 11.0 Å². The van der Waals surface area contributed by atoms with Crippen molar-refractivity contribution in [3.05, 3.63) is 0 Å². The molecule has 0 spiro atoms. The van der Waals surface area contributed by atoms with Crippen molar-refractivity contribution in [3.63, 3.8) is 0 Å². The largest absolute Gasteiger partial charge is 0.289 e. The zero-order chi connectivity index (χ0) is 10.6. The summed E-state index contributed by atoms with van der Waals surface area (Å²) in [7, 11) is 0. The van der Waals surface area contributed by atoms with Gasteiger partial charge in [-0.25, -0.2) is 11.0 Å². The van der Waals surface area contributed by atoms with Crippen molar-refractivity contribution in [2.45, 2.75) is 25.7 Å². The molecule has 2 unspecified atom stereocenters. The van der Waals surface area contributed by atoms with E-state index in [0.29, 0.717) is 12.8 Å².